The highest BCUT2D eigenvalue weighted by molar-refractivity contribution is 6.32. The molecule has 5 rings (SSSR count). The van der Waals surface area contributed by atoms with Crippen molar-refractivity contribution in [2.45, 2.75) is 44.9 Å². The second-order valence-electron chi connectivity index (χ2n) is 8.16. The van der Waals surface area contributed by atoms with Crippen molar-refractivity contribution in [1.82, 2.24) is 25.3 Å². The highest BCUT2D eigenvalue weighted by Crippen LogP contribution is 2.45. The Labute approximate surface area is 170 Å². The number of aromatic amines is 1. The molecule has 0 spiro atoms. The first-order valence-corrected chi connectivity index (χ1v) is 10.5. The highest BCUT2D eigenvalue weighted by atomic mass is 16.2. The molecule has 1 saturated carbocycles. The lowest BCUT2D eigenvalue weighted by Crippen LogP contribution is -2.22. The molecule has 1 amide bonds. The fourth-order valence-corrected chi connectivity index (χ4v) is 4.46. The van der Waals surface area contributed by atoms with Gasteiger partial charge in [-0.2, -0.15) is 5.10 Å². The molecule has 29 heavy (non-hydrogen) atoms. The van der Waals surface area contributed by atoms with Gasteiger partial charge in [0.2, 0.25) is 0 Å². The molecule has 0 radical (unpaired) electrons. The number of aryl methyl sites for hydroxylation is 1. The predicted octanol–water partition coefficient (Wildman–Crippen LogP) is 2.55. The van der Waals surface area contributed by atoms with E-state index in [1.807, 2.05) is 6.08 Å². The first kappa shape index (κ1) is 18.2. The van der Waals surface area contributed by atoms with Gasteiger partial charge in [-0.1, -0.05) is 0 Å². The number of likely N-dealkylation sites (tertiary alicyclic amines) is 1. The number of rotatable bonds is 6. The van der Waals surface area contributed by atoms with Gasteiger partial charge in [-0.3, -0.25) is 4.79 Å². The van der Waals surface area contributed by atoms with Crippen molar-refractivity contribution in [3.8, 4) is 0 Å². The van der Waals surface area contributed by atoms with Gasteiger partial charge in [0.1, 0.15) is 5.71 Å². The van der Waals surface area contributed by atoms with Crippen molar-refractivity contribution in [3.63, 3.8) is 0 Å². The molecule has 2 aromatic rings. The zero-order valence-electron chi connectivity index (χ0n) is 16.7. The van der Waals surface area contributed by atoms with E-state index in [2.05, 4.69) is 37.3 Å². The summed E-state index contributed by atoms with van der Waals surface area (Å²) >= 11 is 0. The maximum Gasteiger partial charge on any atom is 0.273 e. The third-order valence-electron chi connectivity index (χ3n) is 6.09. The summed E-state index contributed by atoms with van der Waals surface area (Å²) in [7, 11) is 0. The molecule has 7 heteroatoms. The molecule has 3 aliphatic rings. The van der Waals surface area contributed by atoms with Crippen LogP contribution in [0.4, 0.5) is 0 Å². The fraction of sp³-hybridized carbons (Fsp3) is 0.455. The molecular weight excluding hydrogens is 364 g/mol. The first-order chi connectivity index (χ1) is 14.2. The van der Waals surface area contributed by atoms with Gasteiger partial charge >= 0.3 is 0 Å². The molecule has 0 bridgehead atoms. The van der Waals surface area contributed by atoms with Crippen LogP contribution in [0.1, 0.15) is 59.9 Å². The third kappa shape index (κ3) is 3.62. The molecule has 1 saturated heterocycles. The Hall–Kier alpha value is -2.80. The summed E-state index contributed by atoms with van der Waals surface area (Å²) in [6.45, 7) is 5.70. The molecule has 0 aromatic carbocycles. The van der Waals surface area contributed by atoms with Crippen molar-refractivity contribution in [1.29, 1.82) is 0 Å². The van der Waals surface area contributed by atoms with Crippen LogP contribution in [0.2, 0.25) is 0 Å². The number of nitrogens with one attached hydrogen (secondary N) is 2. The standard InChI is InChI=1S/C22H26N6O/c1-14-16(7-12-28-10-2-3-11-28)19(15-5-6-15)18(25-14)13-17-20(26-27-22(17)29)21-23-8-4-9-24-21/h4,8-9,13,15,25H,2-3,5-7,10-12H2,1H3,(H,27,29)/b17-13+. The van der Waals surface area contributed by atoms with Gasteiger partial charge in [-0.25, -0.2) is 15.4 Å². The number of hydrogen-bond donors (Lipinski definition) is 2. The number of aromatic nitrogens is 3. The summed E-state index contributed by atoms with van der Waals surface area (Å²) in [5.41, 5.74) is 8.66. The van der Waals surface area contributed by atoms with Crippen LogP contribution >= 0.6 is 0 Å². The molecule has 150 valence electrons. The van der Waals surface area contributed by atoms with E-state index in [0.29, 0.717) is 23.0 Å². The van der Waals surface area contributed by atoms with Crippen LogP contribution in [0.5, 0.6) is 0 Å². The summed E-state index contributed by atoms with van der Waals surface area (Å²) in [5.74, 6) is 0.848. The van der Waals surface area contributed by atoms with Crippen LogP contribution in [0.3, 0.4) is 0 Å². The lowest BCUT2D eigenvalue weighted by molar-refractivity contribution is -0.116. The van der Waals surface area contributed by atoms with E-state index in [9.17, 15) is 4.79 Å². The van der Waals surface area contributed by atoms with Gasteiger partial charge in [0.15, 0.2) is 5.82 Å². The van der Waals surface area contributed by atoms with Crippen LogP contribution in [0.25, 0.3) is 6.08 Å². The van der Waals surface area contributed by atoms with E-state index in [4.69, 9.17) is 0 Å². The Kier molecular flexibility index (Phi) is 4.75. The Morgan fingerprint density at radius 2 is 1.97 bits per heavy atom. The van der Waals surface area contributed by atoms with Gasteiger partial charge in [-0.15, -0.1) is 0 Å². The van der Waals surface area contributed by atoms with E-state index in [-0.39, 0.29) is 5.91 Å². The molecule has 2 aliphatic heterocycles. The molecule has 2 N–H and O–H groups in total. The van der Waals surface area contributed by atoms with E-state index >= 15 is 0 Å². The first-order valence-electron chi connectivity index (χ1n) is 10.5. The van der Waals surface area contributed by atoms with E-state index in [0.717, 1.165) is 18.7 Å². The van der Waals surface area contributed by atoms with Crippen molar-refractivity contribution in [2.24, 2.45) is 5.10 Å². The van der Waals surface area contributed by atoms with Crippen LogP contribution < -0.4 is 5.43 Å². The van der Waals surface area contributed by atoms with Gasteiger partial charge in [0, 0.05) is 30.3 Å². The van der Waals surface area contributed by atoms with Crippen molar-refractivity contribution in [2.75, 3.05) is 19.6 Å². The van der Waals surface area contributed by atoms with E-state index in [1.54, 1.807) is 18.5 Å². The largest absolute Gasteiger partial charge is 0.359 e. The molecule has 1 aliphatic carbocycles. The second kappa shape index (κ2) is 7.55. The van der Waals surface area contributed by atoms with Gasteiger partial charge in [-0.05, 0) is 81.3 Å². The number of nitrogens with zero attached hydrogens (tertiary/aromatic N) is 4. The number of carbonyl (C=O) groups excluding carboxylic acids is 1. The smallest absolute Gasteiger partial charge is 0.273 e. The molecule has 7 nitrogen and oxygen atoms in total. The van der Waals surface area contributed by atoms with Crippen LogP contribution in [-0.2, 0) is 11.2 Å². The van der Waals surface area contributed by atoms with Crippen LogP contribution in [-0.4, -0.2) is 51.1 Å². The monoisotopic (exact) mass is 390 g/mol. The minimum Gasteiger partial charge on any atom is -0.359 e. The Bertz CT molecular complexity index is 980. The average Bonchev–Trinajstić information content (AvgIpc) is 3.16. The Morgan fingerprint density at radius 3 is 2.69 bits per heavy atom. The summed E-state index contributed by atoms with van der Waals surface area (Å²) in [4.78, 5) is 27.1. The number of carbonyl (C=O) groups is 1. The van der Waals surface area contributed by atoms with Crippen LogP contribution in [0, 0.1) is 6.92 Å². The predicted molar refractivity (Wildman–Crippen MR) is 112 cm³/mol. The molecule has 4 heterocycles. The highest BCUT2D eigenvalue weighted by Gasteiger charge is 2.32. The molecule has 2 fully saturated rings. The summed E-state index contributed by atoms with van der Waals surface area (Å²) < 4.78 is 0. The maximum absolute atomic E-state index is 12.5. The maximum atomic E-state index is 12.5. The van der Waals surface area contributed by atoms with Gasteiger partial charge in [0.25, 0.3) is 5.91 Å². The van der Waals surface area contributed by atoms with Crippen molar-refractivity contribution >= 4 is 17.7 Å². The van der Waals surface area contributed by atoms with E-state index < -0.39 is 0 Å². The average molecular weight is 390 g/mol. The number of H-pyrrole nitrogens is 1. The number of amides is 1. The Balaban J connectivity index is 1.48. The minimum atomic E-state index is -0.208. The van der Waals surface area contributed by atoms with Crippen LogP contribution in [0.15, 0.2) is 29.1 Å². The topological polar surface area (TPSA) is 86.3 Å². The fourth-order valence-electron chi connectivity index (χ4n) is 4.46. The summed E-state index contributed by atoms with van der Waals surface area (Å²) in [6, 6.07) is 1.75. The zero-order valence-corrected chi connectivity index (χ0v) is 16.7. The summed E-state index contributed by atoms with van der Waals surface area (Å²) in [6.07, 6.45) is 11.4. The zero-order chi connectivity index (χ0) is 19.8. The van der Waals surface area contributed by atoms with Gasteiger partial charge in [0.05, 0.1) is 5.57 Å². The summed E-state index contributed by atoms with van der Waals surface area (Å²) in [5, 5.41) is 4.18. The van der Waals surface area contributed by atoms with Gasteiger partial charge < -0.3 is 9.88 Å². The lowest BCUT2D eigenvalue weighted by atomic mass is 9.99. The number of hydrogen-bond acceptors (Lipinski definition) is 5. The second-order valence-corrected chi connectivity index (χ2v) is 8.16. The Morgan fingerprint density at radius 1 is 1.21 bits per heavy atom. The molecule has 0 atom stereocenters. The lowest BCUT2D eigenvalue weighted by Gasteiger charge is -2.15. The minimum absolute atomic E-state index is 0.208. The normalized spacial score (nSPS) is 21.1. The number of hydrazone groups is 1. The SMILES string of the molecule is Cc1[nH]c(/C=C2/C(=O)NN=C2c2ncccn2)c(C2CC2)c1CCN1CCCC1. The quantitative estimate of drug-likeness (QED) is 0.742. The molecule has 0 unspecified atom stereocenters. The molecular formula is C22H26N6O. The third-order valence-corrected chi connectivity index (χ3v) is 6.09. The van der Waals surface area contributed by atoms with Crippen molar-refractivity contribution < 1.29 is 4.79 Å². The van der Waals surface area contributed by atoms with E-state index in [1.165, 1.54) is 55.6 Å². The molecule has 2 aromatic heterocycles. The van der Waals surface area contributed by atoms with Crippen molar-refractivity contribution in [3.05, 3.63) is 52.4 Å².